The Morgan fingerprint density at radius 2 is 2.23 bits per heavy atom. The number of rotatable bonds is 1. The smallest absolute Gasteiger partial charge is 0.119 e. The number of nitrogens with zero attached hydrogens (tertiary/aromatic N) is 2. The molecular formula is C7H6Cl2N2S2. The van der Waals surface area contributed by atoms with E-state index in [-0.39, 0.29) is 0 Å². The minimum absolute atomic E-state index is 0.723. The van der Waals surface area contributed by atoms with Crippen molar-refractivity contribution in [2.45, 2.75) is 11.8 Å². The van der Waals surface area contributed by atoms with Crippen LogP contribution >= 0.6 is 46.5 Å². The predicted molar refractivity (Wildman–Crippen MR) is 61.7 cm³/mol. The van der Waals surface area contributed by atoms with Crippen molar-refractivity contribution in [1.82, 2.24) is 0 Å². The van der Waals surface area contributed by atoms with Gasteiger partial charge in [0.05, 0.1) is 10.6 Å². The Kier molecular flexibility index (Phi) is 2.74. The van der Waals surface area contributed by atoms with Gasteiger partial charge in [0.1, 0.15) is 15.0 Å². The second-order valence-corrected chi connectivity index (χ2v) is 5.45. The van der Waals surface area contributed by atoms with Crippen molar-refractivity contribution in [3.8, 4) is 0 Å². The predicted octanol–water partition coefficient (Wildman–Crippen LogP) is 3.93. The molecule has 0 aromatic carbocycles. The molecule has 0 radical (unpaired) electrons. The van der Waals surface area contributed by atoms with E-state index in [9.17, 15) is 0 Å². The van der Waals surface area contributed by atoms with Crippen LogP contribution in [0.2, 0.25) is 8.67 Å². The molecule has 0 saturated heterocycles. The molecular weight excluding hydrogens is 247 g/mol. The molecule has 0 saturated carbocycles. The van der Waals surface area contributed by atoms with Crippen molar-refractivity contribution in [3.63, 3.8) is 0 Å². The van der Waals surface area contributed by atoms with E-state index in [0.717, 1.165) is 25.8 Å². The standard InChI is InChI=1S/C7H6Cl2N2S2/c1-2-11-3-10-13-5-4(11)6(8)12-7(5)9/h3H,2H2,1H3. The Balaban J connectivity index is 2.53. The van der Waals surface area contributed by atoms with E-state index in [1.807, 2.05) is 11.8 Å². The van der Waals surface area contributed by atoms with Crippen LogP contribution in [-0.2, 0) is 0 Å². The largest absolute Gasteiger partial charge is 0.329 e. The Bertz CT molecular complexity index is 362. The molecule has 0 atom stereocenters. The van der Waals surface area contributed by atoms with Crippen LogP contribution in [0.5, 0.6) is 0 Å². The fourth-order valence-electron chi connectivity index (χ4n) is 1.11. The fourth-order valence-corrected chi connectivity index (χ4v) is 3.75. The molecule has 0 N–H and O–H groups in total. The van der Waals surface area contributed by atoms with Crippen LogP contribution in [0.4, 0.5) is 5.69 Å². The molecule has 0 spiro atoms. The Morgan fingerprint density at radius 1 is 1.46 bits per heavy atom. The number of hydrogen-bond acceptors (Lipinski definition) is 4. The second-order valence-electron chi connectivity index (χ2n) is 2.43. The number of hydrogen-bond donors (Lipinski definition) is 0. The van der Waals surface area contributed by atoms with E-state index < -0.39 is 0 Å². The topological polar surface area (TPSA) is 15.6 Å². The van der Waals surface area contributed by atoms with Gasteiger partial charge in [0, 0.05) is 18.5 Å². The average Bonchev–Trinajstić information content (AvgIpc) is 2.43. The first-order chi connectivity index (χ1) is 6.24. The summed E-state index contributed by atoms with van der Waals surface area (Å²) in [5.41, 5.74) is 0.999. The van der Waals surface area contributed by atoms with Gasteiger partial charge in [0.2, 0.25) is 0 Å². The first-order valence-corrected chi connectivity index (χ1v) is 6.03. The molecule has 0 unspecified atom stereocenters. The molecule has 13 heavy (non-hydrogen) atoms. The van der Waals surface area contributed by atoms with E-state index in [2.05, 4.69) is 4.40 Å². The van der Waals surface area contributed by atoms with Gasteiger partial charge in [-0.2, -0.15) is 0 Å². The molecule has 70 valence electrons. The van der Waals surface area contributed by atoms with Gasteiger partial charge in [0.25, 0.3) is 0 Å². The molecule has 6 heteroatoms. The molecule has 0 aliphatic carbocycles. The van der Waals surface area contributed by atoms with Crippen molar-refractivity contribution >= 4 is 58.5 Å². The zero-order valence-electron chi connectivity index (χ0n) is 6.75. The molecule has 1 aromatic heterocycles. The summed E-state index contributed by atoms with van der Waals surface area (Å²) < 4.78 is 5.59. The third kappa shape index (κ3) is 1.56. The van der Waals surface area contributed by atoms with E-state index in [0.29, 0.717) is 0 Å². The van der Waals surface area contributed by atoms with Crippen molar-refractivity contribution in [2.24, 2.45) is 4.40 Å². The lowest BCUT2D eigenvalue weighted by molar-refractivity contribution is 1.06. The Labute approximate surface area is 94.7 Å². The number of thiophene rings is 1. The third-order valence-corrected chi connectivity index (χ3v) is 4.33. The van der Waals surface area contributed by atoms with Gasteiger partial charge < -0.3 is 4.90 Å². The highest BCUT2D eigenvalue weighted by Gasteiger charge is 2.22. The Hall–Kier alpha value is 0.1000. The first-order valence-electron chi connectivity index (χ1n) is 3.69. The number of halogens is 2. The van der Waals surface area contributed by atoms with Gasteiger partial charge in [-0.1, -0.05) is 23.2 Å². The van der Waals surface area contributed by atoms with Gasteiger partial charge in [-0.15, -0.1) is 11.3 Å². The summed E-state index contributed by atoms with van der Waals surface area (Å²) in [5.74, 6) is 0. The van der Waals surface area contributed by atoms with Crippen LogP contribution in [0, 0.1) is 0 Å². The fraction of sp³-hybridized carbons (Fsp3) is 0.286. The molecule has 2 rings (SSSR count). The van der Waals surface area contributed by atoms with E-state index >= 15 is 0 Å². The first kappa shape index (κ1) is 9.65. The molecule has 2 heterocycles. The number of fused-ring (bicyclic) bond motifs is 1. The van der Waals surface area contributed by atoms with Crippen molar-refractivity contribution in [3.05, 3.63) is 8.67 Å². The highest BCUT2D eigenvalue weighted by atomic mass is 35.5. The second kappa shape index (κ2) is 3.69. The molecule has 0 fully saturated rings. The van der Waals surface area contributed by atoms with E-state index in [1.54, 1.807) is 6.34 Å². The maximum absolute atomic E-state index is 6.05. The molecule has 2 nitrogen and oxygen atoms in total. The molecule has 0 bridgehead atoms. The summed E-state index contributed by atoms with van der Waals surface area (Å²) in [6.45, 7) is 2.90. The van der Waals surface area contributed by atoms with Gasteiger partial charge in [0.15, 0.2) is 0 Å². The normalized spacial score (nSPS) is 14.8. The van der Waals surface area contributed by atoms with Gasteiger partial charge >= 0.3 is 0 Å². The van der Waals surface area contributed by atoms with E-state index in [4.69, 9.17) is 23.2 Å². The zero-order chi connectivity index (χ0) is 9.42. The molecule has 1 aliphatic rings. The number of anilines is 1. The molecule has 1 aliphatic heterocycles. The summed E-state index contributed by atoms with van der Waals surface area (Å²) in [4.78, 5) is 2.97. The van der Waals surface area contributed by atoms with Gasteiger partial charge in [-0.3, -0.25) is 0 Å². The minimum Gasteiger partial charge on any atom is -0.329 e. The highest BCUT2D eigenvalue weighted by molar-refractivity contribution is 7.98. The SMILES string of the molecule is CCN1C=NSc2c(Cl)sc(Cl)c21. The summed E-state index contributed by atoms with van der Waals surface area (Å²) in [5, 5.41) is 0. The summed E-state index contributed by atoms with van der Waals surface area (Å²) in [6.07, 6.45) is 1.78. The van der Waals surface area contributed by atoms with Crippen molar-refractivity contribution in [1.29, 1.82) is 0 Å². The van der Waals surface area contributed by atoms with Crippen LogP contribution < -0.4 is 4.90 Å². The van der Waals surface area contributed by atoms with Crippen molar-refractivity contribution in [2.75, 3.05) is 11.4 Å². The van der Waals surface area contributed by atoms with Gasteiger partial charge in [-0.05, 0) is 6.92 Å². The molecule has 1 aromatic rings. The quantitative estimate of drug-likeness (QED) is 0.704. The summed E-state index contributed by atoms with van der Waals surface area (Å²) in [6, 6.07) is 0. The third-order valence-electron chi connectivity index (χ3n) is 1.72. The molecule has 0 amide bonds. The van der Waals surface area contributed by atoms with Crippen LogP contribution in [0.25, 0.3) is 0 Å². The van der Waals surface area contributed by atoms with E-state index in [1.165, 1.54) is 23.3 Å². The van der Waals surface area contributed by atoms with Crippen LogP contribution in [0.3, 0.4) is 0 Å². The lowest BCUT2D eigenvalue weighted by atomic mass is 10.4. The lowest BCUT2D eigenvalue weighted by Crippen LogP contribution is -2.21. The minimum atomic E-state index is 0.723. The average molecular weight is 253 g/mol. The summed E-state index contributed by atoms with van der Waals surface area (Å²) >= 11 is 14.8. The summed E-state index contributed by atoms with van der Waals surface area (Å²) in [7, 11) is 0. The van der Waals surface area contributed by atoms with Crippen LogP contribution in [0.1, 0.15) is 6.92 Å². The van der Waals surface area contributed by atoms with Gasteiger partial charge in [-0.25, -0.2) is 4.40 Å². The highest BCUT2D eigenvalue weighted by Crippen LogP contribution is 2.49. The lowest BCUT2D eigenvalue weighted by Gasteiger charge is -2.20. The van der Waals surface area contributed by atoms with Crippen molar-refractivity contribution < 1.29 is 0 Å². The maximum atomic E-state index is 6.05. The Morgan fingerprint density at radius 3 is 2.92 bits per heavy atom. The van der Waals surface area contributed by atoms with Crippen LogP contribution in [-0.4, -0.2) is 12.9 Å². The maximum Gasteiger partial charge on any atom is 0.119 e. The zero-order valence-corrected chi connectivity index (χ0v) is 9.90. The monoisotopic (exact) mass is 252 g/mol. The van der Waals surface area contributed by atoms with Crippen LogP contribution in [0.15, 0.2) is 9.29 Å².